The van der Waals surface area contributed by atoms with E-state index in [1.54, 1.807) is 13.3 Å². The lowest BCUT2D eigenvalue weighted by Gasteiger charge is -2.27. The number of methoxy groups -OCH3 is 1. The van der Waals surface area contributed by atoms with Crippen LogP contribution in [0.1, 0.15) is 32.4 Å². The minimum absolute atomic E-state index is 0.646. The molecule has 0 aliphatic rings. The van der Waals surface area contributed by atoms with Gasteiger partial charge in [0.05, 0.1) is 19.9 Å². The lowest BCUT2D eigenvalue weighted by atomic mass is 9.92. The third-order valence-electron chi connectivity index (χ3n) is 3.40. The van der Waals surface area contributed by atoms with Gasteiger partial charge in [0.2, 0.25) is 0 Å². The zero-order valence-electron chi connectivity index (χ0n) is 12.1. The quantitative estimate of drug-likeness (QED) is 0.801. The fraction of sp³-hybridized carbons (Fsp3) is 0.769. The first-order chi connectivity index (χ1) is 8.48. The van der Waals surface area contributed by atoms with Crippen molar-refractivity contribution in [3.63, 3.8) is 0 Å². The molecule has 1 heterocycles. The summed E-state index contributed by atoms with van der Waals surface area (Å²) in [7, 11) is 5.65. The Hall–Kier alpha value is -1.07. The van der Waals surface area contributed by atoms with Crippen LogP contribution in [0.2, 0.25) is 0 Å². The molecule has 0 saturated carbocycles. The molecule has 1 aromatic heterocycles. The van der Waals surface area contributed by atoms with Crippen LogP contribution in [0.15, 0.2) is 6.20 Å². The fourth-order valence-corrected chi connectivity index (χ4v) is 2.04. The summed E-state index contributed by atoms with van der Waals surface area (Å²) in [6, 6.07) is 0. The monoisotopic (exact) mass is 255 g/mol. The van der Waals surface area contributed by atoms with Crippen molar-refractivity contribution in [3.8, 4) is 5.75 Å². The summed E-state index contributed by atoms with van der Waals surface area (Å²) in [4.78, 5) is 2.09. The molecule has 0 spiro atoms. The maximum atomic E-state index is 10.7. The highest BCUT2D eigenvalue weighted by Gasteiger charge is 2.32. The number of aliphatic hydroxyl groups is 1. The van der Waals surface area contributed by atoms with Crippen LogP contribution in [0, 0.1) is 0 Å². The Bertz CT molecular complexity index is 370. The van der Waals surface area contributed by atoms with Crippen LogP contribution in [0.5, 0.6) is 5.75 Å². The second-order valence-corrected chi connectivity index (χ2v) is 4.83. The van der Waals surface area contributed by atoms with E-state index in [-0.39, 0.29) is 0 Å². The second kappa shape index (κ2) is 6.20. The molecule has 0 amide bonds. The van der Waals surface area contributed by atoms with Gasteiger partial charge in [-0.3, -0.25) is 4.68 Å². The van der Waals surface area contributed by atoms with Gasteiger partial charge in [-0.15, -0.1) is 0 Å². The lowest BCUT2D eigenvalue weighted by molar-refractivity contribution is 0.0166. The maximum absolute atomic E-state index is 10.7. The van der Waals surface area contributed by atoms with E-state index < -0.39 is 5.60 Å². The summed E-state index contributed by atoms with van der Waals surface area (Å²) in [5.41, 5.74) is -0.0782. The predicted octanol–water partition coefficient (Wildman–Crippen LogP) is 1.46. The topological polar surface area (TPSA) is 50.5 Å². The molecule has 0 fully saturated rings. The van der Waals surface area contributed by atoms with Gasteiger partial charge in [-0.2, -0.15) is 5.10 Å². The number of hydrogen-bond acceptors (Lipinski definition) is 4. The first-order valence-electron chi connectivity index (χ1n) is 6.45. The fourth-order valence-electron chi connectivity index (χ4n) is 2.04. The molecule has 104 valence electrons. The maximum Gasteiger partial charge on any atom is 0.162 e. The van der Waals surface area contributed by atoms with Crippen molar-refractivity contribution in [1.82, 2.24) is 14.7 Å². The molecule has 1 N–H and O–H groups in total. The van der Waals surface area contributed by atoms with E-state index in [9.17, 15) is 5.11 Å². The minimum atomic E-state index is -0.867. The summed E-state index contributed by atoms with van der Waals surface area (Å²) >= 11 is 0. The van der Waals surface area contributed by atoms with E-state index in [0.717, 1.165) is 18.8 Å². The standard InChI is InChI=1S/C13H25N3O2/c1-6-13(17,7-2)12-11(18-5)10-14-16(12)9-8-15(3)4/h10,17H,6-9H2,1-5H3. The number of ether oxygens (including phenoxy) is 1. The molecule has 0 bridgehead atoms. The molecule has 0 aromatic carbocycles. The van der Waals surface area contributed by atoms with Gasteiger partial charge in [-0.1, -0.05) is 13.8 Å². The molecular formula is C13H25N3O2. The van der Waals surface area contributed by atoms with E-state index in [0.29, 0.717) is 18.6 Å². The molecule has 0 radical (unpaired) electrons. The zero-order chi connectivity index (χ0) is 13.8. The average Bonchev–Trinajstić information content (AvgIpc) is 2.79. The number of rotatable bonds is 7. The molecule has 0 unspecified atom stereocenters. The average molecular weight is 255 g/mol. The molecule has 5 nitrogen and oxygen atoms in total. The Balaban J connectivity index is 3.09. The number of likely N-dealkylation sites (N-methyl/N-ethyl adjacent to an activating group) is 1. The van der Waals surface area contributed by atoms with Crippen LogP contribution < -0.4 is 4.74 Å². The number of aromatic nitrogens is 2. The van der Waals surface area contributed by atoms with Crippen molar-refractivity contribution < 1.29 is 9.84 Å². The molecular weight excluding hydrogens is 230 g/mol. The molecule has 0 saturated heterocycles. The highest BCUT2D eigenvalue weighted by Crippen LogP contribution is 2.35. The molecule has 0 aliphatic carbocycles. The Kier molecular flexibility index (Phi) is 5.16. The van der Waals surface area contributed by atoms with E-state index in [1.165, 1.54) is 0 Å². The van der Waals surface area contributed by atoms with Crippen LogP contribution in [0.25, 0.3) is 0 Å². The van der Waals surface area contributed by atoms with E-state index in [2.05, 4.69) is 10.00 Å². The predicted molar refractivity (Wildman–Crippen MR) is 71.8 cm³/mol. The van der Waals surface area contributed by atoms with E-state index in [4.69, 9.17) is 4.74 Å². The van der Waals surface area contributed by atoms with Gasteiger partial charge in [0.15, 0.2) is 5.75 Å². The highest BCUT2D eigenvalue weighted by atomic mass is 16.5. The van der Waals surface area contributed by atoms with Crippen molar-refractivity contribution in [1.29, 1.82) is 0 Å². The SMILES string of the molecule is CCC(O)(CC)c1c(OC)cnn1CCN(C)C. The summed E-state index contributed by atoms with van der Waals surface area (Å²) < 4.78 is 7.18. The molecule has 1 rings (SSSR count). The van der Waals surface area contributed by atoms with Crippen molar-refractivity contribution in [2.45, 2.75) is 38.8 Å². The second-order valence-electron chi connectivity index (χ2n) is 4.83. The first-order valence-corrected chi connectivity index (χ1v) is 6.45. The van der Waals surface area contributed by atoms with Crippen molar-refractivity contribution in [3.05, 3.63) is 11.9 Å². The van der Waals surface area contributed by atoms with Gasteiger partial charge in [-0.25, -0.2) is 0 Å². The molecule has 5 heteroatoms. The Morgan fingerprint density at radius 1 is 1.39 bits per heavy atom. The summed E-state index contributed by atoms with van der Waals surface area (Å²) in [6.45, 7) is 5.58. The molecule has 0 atom stereocenters. The Morgan fingerprint density at radius 2 is 2.00 bits per heavy atom. The van der Waals surface area contributed by atoms with E-state index in [1.807, 2.05) is 32.6 Å². The third-order valence-corrected chi connectivity index (χ3v) is 3.40. The number of hydrogen-bond donors (Lipinski definition) is 1. The van der Waals surface area contributed by atoms with Gasteiger partial charge < -0.3 is 14.7 Å². The van der Waals surface area contributed by atoms with Gasteiger partial charge in [0.25, 0.3) is 0 Å². The van der Waals surface area contributed by atoms with Gasteiger partial charge >= 0.3 is 0 Å². The normalized spacial score (nSPS) is 12.2. The minimum Gasteiger partial charge on any atom is -0.493 e. The zero-order valence-corrected chi connectivity index (χ0v) is 12.1. The Morgan fingerprint density at radius 3 is 2.44 bits per heavy atom. The smallest absolute Gasteiger partial charge is 0.162 e. The van der Waals surface area contributed by atoms with Crippen molar-refractivity contribution in [2.75, 3.05) is 27.7 Å². The van der Waals surface area contributed by atoms with Gasteiger partial charge in [0, 0.05) is 6.54 Å². The van der Waals surface area contributed by atoms with Crippen molar-refractivity contribution >= 4 is 0 Å². The summed E-state index contributed by atoms with van der Waals surface area (Å²) in [6.07, 6.45) is 2.97. The van der Waals surface area contributed by atoms with Gasteiger partial charge in [-0.05, 0) is 26.9 Å². The van der Waals surface area contributed by atoms with Gasteiger partial charge in [0.1, 0.15) is 11.3 Å². The van der Waals surface area contributed by atoms with Crippen LogP contribution in [0.4, 0.5) is 0 Å². The van der Waals surface area contributed by atoms with E-state index >= 15 is 0 Å². The lowest BCUT2D eigenvalue weighted by Crippen LogP contribution is -2.30. The van der Waals surface area contributed by atoms with Crippen LogP contribution >= 0.6 is 0 Å². The third kappa shape index (κ3) is 3.03. The Labute approximate surface area is 109 Å². The summed E-state index contributed by atoms with van der Waals surface area (Å²) in [5, 5.41) is 15.0. The molecule has 0 aliphatic heterocycles. The number of nitrogens with zero attached hydrogens (tertiary/aromatic N) is 3. The van der Waals surface area contributed by atoms with Crippen LogP contribution in [-0.2, 0) is 12.1 Å². The first kappa shape index (κ1) is 15.0. The van der Waals surface area contributed by atoms with Crippen LogP contribution in [0.3, 0.4) is 0 Å². The molecule has 1 aromatic rings. The van der Waals surface area contributed by atoms with Crippen LogP contribution in [-0.4, -0.2) is 47.5 Å². The van der Waals surface area contributed by atoms with Crippen molar-refractivity contribution in [2.24, 2.45) is 0 Å². The molecule has 18 heavy (non-hydrogen) atoms. The summed E-state index contributed by atoms with van der Waals surface area (Å²) in [5.74, 6) is 0.667. The largest absolute Gasteiger partial charge is 0.493 e. The highest BCUT2D eigenvalue weighted by molar-refractivity contribution is 5.30.